The standard InChI is InChI=1S/C13H10N4O.H2O/c1-8-16-12-11(13(18)17-8)6-10(7-15-12)9-2-4-14-5-3-9;/h2-7H,1H3,(H,15,16,17,18);1H2. The summed E-state index contributed by atoms with van der Waals surface area (Å²) in [6.07, 6.45) is 5.12. The summed E-state index contributed by atoms with van der Waals surface area (Å²) in [7, 11) is 0. The summed E-state index contributed by atoms with van der Waals surface area (Å²) in [4.78, 5) is 26.9. The first-order valence-corrected chi connectivity index (χ1v) is 5.51. The number of rotatable bonds is 1. The molecule has 6 heteroatoms. The summed E-state index contributed by atoms with van der Waals surface area (Å²) >= 11 is 0. The Kier molecular flexibility index (Phi) is 3.35. The van der Waals surface area contributed by atoms with E-state index in [4.69, 9.17) is 0 Å². The lowest BCUT2D eigenvalue weighted by atomic mass is 10.1. The van der Waals surface area contributed by atoms with Gasteiger partial charge >= 0.3 is 0 Å². The topological polar surface area (TPSA) is 103 Å². The highest BCUT2D eigenvalue weighted by Gasteiger charge is 2.05. The Hall–Kier alpha value is -2.60. The monoisotopic (exact) mass is 256 g/mol. The summed E-state index contributed by atoms with van der Waals surface area (Å²) < 4.78 is 0. The Bertz CT molecular complexity index is 768. The highest BCUT2D eigenvalue weighted by Crippen LogP contribution is 2.19. The normalized spacial score (nSPS) is 10.2. The van der Waals surface area contributed by atoms with Gasteiger partial charge in [0.2, 0.25) is 0 Å². The minimum absolute atomic E-state index is 0. The molecule has 0 atom stereocenters. The van der Waals surface area contributed by atoms with Gasteiger partial charge in [0.15, 0.2) is 5.65 Å². The van der Waals surface area contributed by atoms with E-state index in [0.717, 1.165) is 11.1 Å². The molecule has 0 radical (unpaired) electrons. The quantitative estimate of drug-likeness (QED) is 0.697. The second kappa shape index (κ2) is 4.95. The zero-order valence-corrected chi connectivity index (χ0v) is 10.2. The molecular formula is C13H12N4O2. The van der Waals surface area contributed by atoms with Gasteiger partial charge in [-0.1, -0.05) is 0 Å². The molecule has 0 aliphatic carbocycles. The molecule has 6 nitrogen and oxygen atoms in total. The molecule has 0 aromatic carbocycles. The first-order chi connectivity index (χ1) is 8.74. The molecule has 0 saturated carbocycles. The smallest absolute Gasteiger partial charge is 0.260 e. The third-order valence-corrected chi connectivity index (χ3v) is 2.69. The van der Waals surface area contributed by atoms with E-state index in [1.54, 1.807) is 31.6 Å². The zero-order chi connectivity index (χ0) is 12.5. The van der Waals surface area contributed by atoms with Crippen molar-refractivity contribution < 1.29 is 5.48 Å². The summed E-state index contributed by atoms with van der Waals surface area (Å²) in [6, 6.07) is 5.54. The Morgan fingerprint density at radius 1 is 1.16 bits per heavy atom. The van der Waals surface area contributed by atoms with Gasteiger partial charge in [0, 0.05) is 24.2 Å². The van der Waals surface area contributed by atoms with E-state index in [-0.39, 0.29) is 11.0 Å². The summed E-state index contributed by atoms with van der Waals surface area (Å²) in [5, 5.41) is 0.495. The predicted octanol–water partition coefficient (Wildman–Crippen LogP) is 0.864. The number of aromatic nitrogens is 4. The second-order valence-electron chi connectivity index (χ2n) is 3.98. The molecule has 3 rings (SSSR count). The third kappa shape index (κ3) is 2.34. The first kappa shape index (κ1) is 12.8. The molecule has 3 aromatic heterocycles. The molecule has 3 N–H and O–H groups in total. The van der Waals surface area contributed by atoms with Crippen LogP contribution in [0.15, 0.2) is 41.6 Å². The highest BCUT2D eigenvalue weighted by atomic mass is 16.1. The molecule has 3 aromatic rings. The van der Waals surface area contributed by atoms with Crippen molar-refractivity contribution in [3.05, 3.63) is 53.0 Å². The van der Waals surface area contributed by atoms with Gasteiger partial charge in [-0.15, -0.1) is 0 Å². The van der Waals surface area contributed by atoms with Gasteiger partial charge in [0.1, 0.15) is 5.82 Å². The van der Waals surface area contributed by atoms with Crippen LogP contribution in [0.3, 0.4) is 0 Å². The lowest BCUT2D eigenvalue weighted by Gasteiger charge is -2.02. The maximum atomic E-state index is 11.8. The number of aryl methyl sites for hydroxylation is 1. The molecule has 0 fully saturated rings. The highest BCUT2D eigenvalue weighted by molar-refractivity contribution is 5.79. The number of fused-ring (bicyclic) bond motifs is 1. The second-order valence-corrected chi connectivity index (χ2v) is 3.98. The Labute approximate surface area is 108 Å². The van der Waals surface area contributed by atoms with E-state index in [0.29, 0.717) is 16.9 Å². The molecule has 0 aliphatic rings. The molecule has 0 unspecified atom stereocenters. The van der Waals surface area contributed by atoms with Gasteiger partial charge in [-0.25, -0.2) is 9.97 Å². The van der Waals surface area contributed by atoms with E-state index >= 15 is 0 Å². The van der Waals surface area contributed by atoms with E-state index in [1.165, 1.54) is 0 Å². The van der Waals surface area contributed by atoms with Gasteiger partial charge in [-0.3, -0.25) is 9.78 Å². The van der Waals surface area contributed by atoms with Crippen LogP contribution in [0.1, 0.15) is 5.82 Å². The summed E-state index contributed by atoms with van der Waals surface area (Å²) in [5.41, 5.74) is 2.15. The Morgan fingerprint density at radius 3 is 2.63 bits per heavy atom. The lowest BCUT2D eigenvalue weighted by Crippen LogP contribution is -2.10. The van der Waals surface area contributed by atoms with Gasteiger partial charge < -0.3 is 10.5 Å². The van der Waals surface area contributed by atoms with Crippen molar-refractivity contribution in [2.24, 2.45) is 0 Å². The number of aromatic amines is 1. The van der Waals surface area contributed by atoms with Gasteiger partial charge in [-0.2, -0.15) is 0 Å². The predicted molar refractivity (Wildman–Crippen MR) is 71.7 cm³/mol. The van der Waals surface area contributed by atoms with Crippen LogP contribution in [0.25, 0.3) is 22.2 Å². The minimum Gasteiger partial charge on any atom is -0.412 e. The SMILES string of the molecule is Cc1nc2ncc(-c3ccncc3)cc2c(=O)[nH]1.O. The van der Waals surface area contributed by atoms with E-state index in [9.17, 15) is 4.79 Å². The third-order valence-electron chi connectivity index (χ3n) is 2.69. The first-order valence-electron chi connectivity index (χ1n) is 5.51. The summed E-state index contributed by atoms with van der Waals surface area (Å²) in [5.74, 6) is 0.566. The molecular weight excluding hydrogens is 244 g/mol. The van der Waals surface area contributed by atoms with Crippen LogP contribution < -0.4 is 5.56 Å². The fraction of sp³-hybridized carbons (Fsp3) is 0.0769. The largest absolute Gasteiger partial charge is 0.412 e. The van der Waals surface area contributed by atoms with E-state index in [2.05, 4.69) is 19.9 Å². The molecule has 0 bridgehead atoms. The fourth-order valence-corrected chi connectivity index (χ4v) is 1.83. The fourth-order valence-electron chi connectivity index (χ4n) is 1.83. The average molecular weight is 256 g/mol. The average Bonchev–Trinajstić information content (AvgIpc) is 2.39. The maximum Gasteiger partial charge on any atom is 0.260 e. The molecule has 3 heterocycles. The van der Waals surface area contributed by atoms with Crippen LogP contribution in [0.4, 0.5) is 0 Å². The van der Waals surface area contributed by atoms with Crippen LogP contribution in [0.2, 0.25) is 0 Å². The van der Waals surface area contributed by atoms with Crippen LogP contribution >= 0.6 is 0 Å². The van der Waals surface area contributed by atoms with Crippen molar-refractivity contribution in [1.29, 1.82) is 0 Å². The van der Waals surface area contributed by atoms with Crippen LogP contribution in [0.5, 0.6) is 0 Å². The lowest BCUT2D eigenvalue weighted by molar-refractivity contribution is 0.824. The number of nitrogens with one attached hydrogen (secondary N) is 1. The van der Waals surface area contributed by atoms with Crippen molar-refractivity contribution >= 4 is 11.0 Å². The van der Waals surface area contributed by atoms with Crippen LogP contribution in [0, 0.1) is 6.92 Å². The molecule has 19 heavy (non-hydrogen) atoms. The zero-order valence-electron chi connectivity index (χ0n) is 10.2. The van der Waals surface area contributed by atoms with Crippen LogP contribution in [-0.2, 0) is 0 Å². The number of hydrogen-bond donors (Lipinski definition) is 1. The molecule has 0 spiro atoms. The Balaban J connectivity index is 0.00000133. The minimum atomic E-state index is -0.166. The molecule has 96 valence electrons. The van der Waals surface area contributed by atoms with Crippen molar-refractivity contribution in [3.63, 3.8) is 0 Å². The Morgan fingerprint density at radius 2 is 1.89 bits per heavy atom. The number of pyridine rings is 2. The molecule has 0 aliphatic heterocycles. The maximum absolute atomic E-state index is 11.8. The van der Waals surface area contributed by atoms with Gasteiger partial charge in [0.25, 0.3) is 5.56 Å². The number of nitrogens with zero attached hydrogens (tertiary/aromatic N) is 3. The van der Waals surface area contributed by atoms with E-state index < -0.39 is 0 Å². The van der Waals surface area contributed by atoms with E-state index in [1.807, 2.05) is 12.1 Å². The van der Waals surface area contributed by atoms with Gasteiger partial charge in [0.05, 0.1) is 5.39 Å². The van der Waals surface area contributed by atoms with Crippen LogP contribution in [-0.4, -0.2) is 25.4 Å². The summed E-state index contributed by atoms with van der Waals surface area (Å²) in [6.45, 7) is 1.74. The van der Waals surface area contributed by atoms with Gasteiger partial charge in [-0.05, 0) is 30.7 Å². The van der Waals surface area contributed by atoms with Crippen molar-refractivity contribution in [3.8, 4) is 11.1 Å². The van der Waals surface area contributed by atoms with Crippen molar-refractivity contribution in [1.82, 2.24) is 19.9 Å². The number of H-pyrrole nitrogens is 1. The molecule has 0 saturated heterocycles. The van der Waals surface area contributed by atoms with Crippen molar-refractivity contribution in [2.45, 2.75) is 6.92 Å². The van der Waals surface area contributed by atoms with Crippen molar-refractivity contribution in [2.75, 3.05) is 0 Å². The number of hydrogen-bond acceptors (Lipinski definition) is 4. The molecule has 0 amide bonds.